The molecule has 1 aliphatic heterocycles. The highest BCUT2D eigenvalue weighted by Gasteiger charge is 2.38. The van der Waals surface area contributed by atoms with Gasteiger partial charge in [-0.05, 0) is 38.1 Å². The normalized spacial score (nSPS) is 20.8. The molecule has 0 spiro atoms. The molecular formula is C26H36N4O4S. The largest absolute Gasteiger partial charge is 0.487 e. The van der Waals surface area contributed by atoms with Gasteiger partial charge in [0.2, 0.25) is 10.0 Å². The summed E-state index contributed by atoms with van der Waals surface area (Å²) < 4.78 is 35.0. The number of aliphatic hydroxyl groups excluding tert-OH is 1. The fourth-order valence-corrected chi connectivity index (χ4v) is 5.80. The van der Waals surface area contributed by atoms with E-state index in [0.29, 0.717) is 30.3 Å². The second kappa shape index (κ2) is 12.0. The van der Waals surface area contributed by atoms with Crippen LogP contribution in [-0.2, 0) is 16.6 Å². The molecule has 1 aromatic heterocycles. The van der Waals surface area contributed by atoms with Crippen LogP contribution in [0.25, 0.3) is 0 Å². The number of rotatable bonds is 7. The van der Waals surface area contributed by atoms with E-state index in [1.165, 1.54) is 10.6 Å². The van der Waals surface area contributed by atoms with Crippen molar-refractivity contribution in [2.75, 3.05) is 26.7 Å². The van der Waals surface area contributed by atoms with Crippen LogP contribution in [0.15, 0.2) is 41.8 Å². The minimum absolute atomic E-state index is 0.100. The molecule has 9 heteroatoms. The Hall–Kier alpha value is -2.51. The Bertz CT molecular complexity index is 1140. The molecule has 1 aromatic carbocycles. The number of ether oxygens (including phenoxy) is 1. The molecular weight excluding hydrogens is 464 g/mol. The van der Waals surface area contributed by atoms with Crippen LogP contribution >= 0.6 is 0 Å². The predicted octanol–water partition coefficient (Wildman–Crippen LogP) is 2.77. The third kappa shape index (κ3) is 7.01. The summed E-state index contributed by atoms with van der Waals surface area (Å²) in [5, 5.41) is 9.80. The number of sulfonamides is 1. The summed E-state index contributed by atoms with van der Waals surface area (Å²) in [6.45, 7) is 9.09. The molecule has 0 saturated carbocycles. The van der Waals surface area contributed by atoms with Gasteiger partial charge in [0.15, 0.2) is 0 Å². The Balaban J connectivity index is 1.97. The maximum absolute atomic E-state index is 13.6. The van der Waals surface area contributed by atoms with Crippen LogP contribution in [0.2, 0.25) is 0 Å². The van der Waals surface area contributed by atoms with Gasteiger partial charge in [0, 0.05) is 61.5 Å². The molecule has 3 atom stereocenters. The number of nitrogens with zero attached hydrogens (tertiary/aromatic N) is 4. The lowest BCUT2D eigenvalue weighted by Crippen LogP contribution is -2.49. The Morgan fingerprint density at radius 2 is 1.97 bits per heavy atom. The number of hydrogen-bond donors (Lipinski definition) is 1. The molecule has 190 valence electrons. The number of hydrogen-bond acceptors (Lipinski definition) is 7. The lowest BCUT2D eigenvalue weighted by molar-refractivity contribution is 0.0733. The van der Waals surface area contributed by atoms with Gasteiger partial charge in [-0.1, -0.05) is 32.6 Å². The topological polar surface area (TPSA) is 95.9 Å². The number of aliphatic hydroxyl groups is 1. The smallest absolute Gasteiger partial charge is 0.247 e. The lowest BCUT2D eigenvalue weighted by atomic mass is 10.0. The van der Waals surface area contributed by atoms with E-state index in [9.17, 15) is 13.5 Å². The van der Waals surface area contributed by atoms with Crippen molar-refractivity contribution in [1.82, 2.24) is 19.2 Å². The lowest BCUT2D eigenvalue weighted by Gasteiger charge is -2.37. The number of likely N-dealkylation sites (N-methyl/N-ethyl adjacent to an activating group) is 1. The highest BCUT2D eigenvalue weighted by atomic mass is 32.2. The summed E-state index contributed by atoms with van der Waals surface area (Å²) in [5.74, 6) is 6.90. The van der Waals surface area contributed by atoms with E-state index < -0.39 is 16.1 Å². The average Bonchev–Trinajstić information content (AvgIpc) is 2.81. The van der Waals surface area contributed by atoms with Gasteiger partial charge in [-0.25, -0.2) is 18.4 Å². The second-order valence-electron chi connectivity index (χ2n) is 9.74. The third-order valence-electron chi connectivity index (χ3n) is 5.97. The van der Waals surface area contributed by atoms with Gasteiger partial charge in [0.05, 0.1) is 6.61 Å². The summed E-state index contributed by atoms with van der Waals surface area (Å²) in [6.07, 6.45) is 5.53. The first kappa shape index (κ1) is 27.1. The van der Waals surface area contributed by atoms with E-state index in [-0.39, 0.29) is 30.1 Å². The number of benzene rings is 1. The third-order valence-corrected chi connectivity index (χ3v) is 7.99. The van der Waals surface area contributed by atoms with E-state index in [1.807, 2.05) is 14.0 Å². The Morgan fingerprint density at radius 1 is 1.26 bits per heavy atom. The van der Waals surface area contributed by atoms with Gasteiger partial charge in [0.1, 0.15) is 23.1 Å². The van der Waals surface area contributed by atoms with Crippen LogP contribution in [0, 0.1) is 23.7 Å². The quantitative estimate of drug-likeness (QED) is 0.584. The summed E-state index contributed by atoms with van der Waals surface area (Å²) in [6, 6.07) is 4.45. The summed E-state index contributed by atoms with van der Waals surface area (Å²) in [5.41, 5.74) is 1.69. The maximum Gasteiger partial charge on any atom is 0.247 e. The van der Waals surface area contributed by atoms with Gasteiger partial charge < -0.3 is 9.84 Å². The van der Waals surface area contributed by atoms with Crippen molar-refractivity contribution in [2.24, 2.45) is 11.8 Å². The van der Waals surface area contributed by atoms with Gasteiger partial charge in [0.25, 0.3) is 0 Å². The zero-order chi connectivity index (χ0) is 25.6. The van der Waals surface area contributed by atoms with Crippen LogP contribution in [-0.4, -0.2) is 71.6 Å². The van der Waals surface area contributed by atoms with Crippen molar-refractivity contribution in [3.8, 4) is 17.6 Å². The molecule has 0 unspecified atom stereocenters. The first-order chi connectivity index (χ1) is 16.6. The standard InChI is InChI=1S/C26H36N4O4S/c1-19(2)7-6-8-22-9-10-26-24(11-22)34-25(16-29(5)15-23-12-27-18-28-13-23)20(3)14-30(21(4)17-31)35(26,32)33/h9-13,18-21,25,31H,7,14-17H2,1-5H3/t20-,21-,25-/m1/s1. The van der Waals surface area contributed by atoms with Crippen molar-refractivity contribution in [3.05, 3.63) is 48.0 Å². The van der Waals surface area contributed by atoms with E-state index >= 15 is 0 Å². The molecule has 8 nitrogen and oxygen atoms in total. The van der Waals surface area contributed by atoms with Crippen molar-refractivity contribution in [2.45, 2.75) is 57.7 Å². The molecule has 0 fully saturated rings. The SMILES string of the molecule is CC(C)CC#Cc1ccc2c(c1)O[C@H](CN(C)Cc1cncnc1)[C@H](C)CN([C@H](C)CO)S2(=O)=O. The number of fused-ring (bicyclic) bond motifs is 1. The fraction of sp³-hybridized carbons (Fsp3) is 0.538. The van der Waals surface area contributed by atoms with Crippen molar-refractivity contribution < 1.29 is 18.3 Å². The Labute approximate surface area is 209 Å². The van der Waals surface area contributed by atoms with E-state index in [4.69, 9.17) is 4.74 Å². The van der Waals surface area contributed by atoms with Crippen LogP contribution in [0.4, 0.5) is 0 Å². The molecule has 2 heterocycles. The number of aromatic nitrogens is 2. The summed E-state index contributed by atoms with van der Waals surface area (Å²) >= 11 is 0. The summed E-state index contributed by atoms with van der Waals surface area (Å²) in [7, 11) is -1.88. The van der Waals surface area contributed by atoms with Gasteiger partial charge >= 0.3 is 0 Å². The van der Waals surface area contributed by atoms with Crippen LogP contribution in [0.3, 0.4) is 0 Å². The average molecular weight is 501 g/mol. The van der Waals surface area contributed by atoms with Gasteiger partial charge in [-0.2, -0.15) is 4.31 Å². The molecule has 0 amide bonds. The maximum atomic E-state index is 13.6. The predicted molar refractivity (Wildman–Crippen MR) is 135 cm³/mol. The van der Waals surface area contributed by atoms with Gasteiger partial charge in [-0.3, -0.25) is 4.90 Å². The van der Waals surface area contributed by atoms with Crippen LogP contribution in [0.1, 0.15) is 45.2 Å². The van der Waals surface area contributed by atoms with Gasteiger partial charge in [-0.15, -0.1) is 0 Å². The van der Waals surface area contributed by atoms with Crippen LogP contribution < -0.4 is 4.74 Å². The van der Waals surface area contributed by atoms with E-state index in [2.05, 4.69) is 40.6 Å². The first-order valence-corrected chi connectivity index (χ1v) is 13.4. The molecule has 0 saturated heterocycles. The minimum Gasteiger partial charge on any atom is -0.487 e. The molecule has 2 aromatic rings. The highest BCUT2D eigenvalue weighted by Crippen LogP contribution is 2.34. The second-order valence-corrected chi connectivity index (χ2v) is 11.6. The monoisotopic (exact) mass is 500 g/mol. The Morgan fingerprint density at radius 3 is 2.63 bits per heavy atom. The van der Waals surface area contributed by atoms with E-state index in [0.717, 1.165) is 12.0 Å². The van der Waals surface area contributed by atoms with Crippen molar-refractivity contribution >= 4 is 10.0 Å². The minimum atomic E-state index is -3.87. The first-order valence-electron chi connectivity index (χ1n) is 12.0. The van der Waals surface area contributed by atoms with Crippen LogP contribution in [0.5, 0.6) is 5.75 Å². The molecule has 1 aliphatic rings. The summed E-state index contributed by atoms with van der Waals surface area (Å²) in [4.78, 5) is 10.4. The Kier molecular flexibility index (Phi) is 9.25. The zero-order valence-corrected chi connectivity index (χ0v) is 22.0. The van der Waals surface area contributed by atoms with E-state index in [1.54, 1.807) is 37.5 Å². The zero-order valence-electron chi connectivity index (χ0n) is 21.2. The molecule has 0 radical (unpaired) electrons. The molecule has 0 aliphatic carbocycles. The fourth-order valence-electron chi connectivity index (χ4n) is 3.97. The molecule has 0 bridgehead atoms. The van der Waals surface area contributed by atoms with Crippen molar-refractivity contribution in [1.29, 1.82) is 0 Å². The molecule has 3 rings (SSSR count). The van der Waals surface area contributed by atoms with Crippen molar-refractivity contribution in [3.63, 3.8) is 0 Å². The molecule has 35 heavy (non-hydrogen) atoms. The highest BCUT2D eigenvalue weighted by molar-refractivity contribution is 7.89. The molecule has 1 N–H and O–H groups in total.